The van der Waals surface area contributed by atoms with Crippen molar-refractivity contribution in [3.05, 3.63) is 42.5 Å². The minimum atomic E-state index is -3.79. The van der Waals surface area contributed by atoms with Gasteiger partial charge in [-0.1, -0.05) is 42.5 Å². The van der Waals surface area contributed by atoms with Crippen LogP contribution in [0.5, 0.6) is 0 Å². The highest BCUT2D eigenvalue weighted by atomic mass is 32.2. The molecule has 13 heteroatoms. The molecule has 5 atom stereocenters. The second-order valence-electron chi connectivity index (χ2n) is 11.8. The van der Waals surface area contributed by atoms with Gasteiger partial charge in [0.2, 0.25) is 27.7 Å². The molecule has 5 unspecified atom stereocenters. The molecule has 41 heavy (non-hydrogen) atoms. The van der Waals surface area contributed by atoms with Crippen LogP contribution in [0.1, 0.15) is 57.4 Å². The van der Waals surface area contributed by atoms with Crippen LogP contribution in [0, 0.1) is 17.8 Å². The number of fused-ring (bicyclic) bond motifs is 2. The van der Waals surface area contributed by atoms with Gasteiger partial charge in [0.25, 0.3) is 5.91 Å². The Morgan fingerprint density at radius 1 is 1.10 bits per heavy atom. The zero-order valence-corrected chi connectivity index (χ0v) is 23.8. The number of hydrogen-bond donors (Lipinski definition) is 2. The van der Waals surface area contributed by atoms with Crippen LogP contribution >= 0.6 is 0 Å². The number of tetrazole rings is 1. The fourth-order valence-corrected chi connectivity index (χ4v) is 7.45. The maximum Gasteiger partial charge on any atom is 0.259 e. The Bertz CT molecular complexity index is 1470. The standard InChI is InChI=1S/C28H35N7O5S/c1-34-14-8-3-2-7-11-19-17-28(19,27(38)32-41(39,40)21-12-13-21)29-25(36)22-15-20(16-23(22)26(34)37)35-31-24(30-33-35)18-9-5-4-6-10-18/h4-7,9-11,19-23H,2-3,8,12-17H2,1H3,(H,29,36)(H,32,38)/b11-7-. The largest absolute Gasteiger partial charge is 0.346 e. The number of allylic oxidation sites excluding steroid dienone is 1. The molecule has 2 N–H and O–H groups in total. The number of sulfonamides is 1. The summed E-state index contributed by atoms with van der Waals surface area (Å²) < 4.78 is 27.4. The lowest BCUT2D eigenvalue weighted by Gasteiger charge is -2.26. The summed E-state index contributed by atoms with van der Waals surface area (Å²) in [6, 6.07) is 9.09. The van der Waals surface area contributed by atoms with Gasteiger partial charge in [-0.3, -0.25) is 19.1 Å². The van der Waals surface area contributed by atoms with E-state index >= 15 is 0 Å². The van der Waals surface area contributed by atoms with Crippen molar-refractivity contribution in [3.63, 3.8) is 0 Å². The molecule has 0 bridgehead atoms. The summed E-state index contributed by atoms with van der Waals surface area (Å²) in [5.74, 6) is -2.51. The van der Waals surface area contributed by atoms with Crippen molar-refractivity contribution in [2.24, 2.45) is 17.8 Å². The third kappa shape index (κ3) is 5.51. The lowest BCUT2D eigenvalue weighted by molar-refractivity contribution is -0.140. The number of rotatable bonds is 5. The van der Waals surface area contributed by atoms with Crippen molar-refractivity contribution < 1.29 is 22.8 Å². The quantitative estimate of drug-likeness (QED) is 0.504. The average Bonchev–Trinajstić information content (AvgIpc) is 3.82. The van der Waals surface area contributed by atoms with E-state index < -0.39 is 44.5 Å². The second kappa shape index (κ2) is 10.7. The molecule has 1 aromatic heterocycles. The van der Waals surface area contributed by atoms with Gasteiger partial charge >= 0.3 is 0 Å². The van der Waals surface area contributed by atoms with Gasteiger partial charge in [0.05, 0.1) is 23.1 Å². The van der Waals surface area contributed by atoms with Gasteiger partial charge < -0.3 is 10.2 Å². The summed E-state index contributed by atoms with van der Waals surface area (Å²) in [6.45, 7) is 0.580. The number of carbonyl (C=O) groups excluding carboxylic acids is 3. The summed E-state index contributed by atoms with van der Waals surface area (Å²) in [4.78, 5) is 44.0. The van der Waals surface area contributed by atoms with Crippen molar-refractivity contribution >= 4 is 27.7 Å². The average molecular weight is 582 g/mol. The predicted octanol–water partition coefficient (Wildman–Crippen LogP) is 1.59. The summed E-state index contributed by atoms with van der Waals surface area (Å²) in [6.07, 6.45) is 8.31. The molecular weight excluding hydrogens is 546 g/mol. The highest BCUT2D eigenvalue weighted by molar-refractivity contribution is 7.91. The number of nitrogens with zero attached hydrogens (tertiary/aromatic N) is 5. The fraction of sp³-hybridized carbons (Fsp3) is 0.571. The van der Waals surface area contributed by atoms with E-state index in [0.29, 0.717) is 44.5 Å². The smallest absolute Gasteiger partial charge is 0.259 e. The number of hydrogen-bond acceptors (Lipinski definition) is 8. The van der Waals surface area contributed by atoms with Gasteiger partial charge in [-0.2, -0.15) is 4.80 Å². The van der Waals surface area contributed by atoms with Crippen molar-refractivity contribution in [2.45, 2.75) is 68.2 Å². The van der Waals surface area contributed by atoms with Crippen LogP contribution < -0.4 is 10.0 Å². The lowest BCUT2D eigenvalue weighted by Crippen LogP contribution is -2.54. The molecule has 0 spiro atoms. The van der Waals surface area contributed by atoms with Crippen LogP contribution in [0.3, 0.4) is 0 Å². The molecule has 218 valence electrons. The molecule has 12 nitrogen and oxygen atoms in total. The minimum absolute atomic E-state index is 0.134. The topological polar surface area (TPSA) is 156 Å². The number of aromatic nitrogens is 4. The first kappa shape index (κ1) is 27.6. The van der Waals surface area contributed by atoms with E-state index in [2.05, 4.69) is 25.4 Å². The molecule has 3 saturated carbocycles. The van der Waals surface area contributed by atoms with Crippen molar-refractivity contribution in [2.75, 3.05) is 13.6 Å². The Kier molecular flexibility index (Phi) is 7.16. The Labute approximate surface area is 239 Å². The Morgan fingerprint density at radius 3 is 2.61 bits per heavy atom. The van der Waals surface area contributed by atoms with E-state index in [1.165, 1.54) is 4.80 Å². The van der Waals surface area contributed by atoms with Gasteiger partial charge in [0.15, 0.2) is 0 Å². The van der Waals surface area contributed by atoms with E-state index in [4.69, 9.17) is 0 Å². The molecule has 1 aliphatic heterocycles. The maximum atomic E-state index is 13.9. The molecule has 6 rings (SSSR count). The molecule has 2 heterocycles. The monoisotopic (exact) mass is 581 g/mol. The molecule has 0 saturated heterocycles. The first-order valence-corrected chi connectivity index (χ1v) is 15.9. The molecule has 1 aromatic carbocycles. The molecule has 2 aromatic rings. The van der Waals surface area contributed by atoms with Crippen LogP contribution in [0.4, 0.5) is 0 Å². The predicted molar refractivity (Wildman–Crippen MR) is 148 cm³/mol. The first-order chi connectivity index (χ1) is 19.7. The molecule has 4 aliphatic rings. The maximum absolute atomic E-state index is 13.9. The summed E-state index contributed by atoms with van der Waals surface area (Å²) in [5.41, 5.74) is -0.547. The zero-order chi connectivity index (χ0) is 28.8. The van der Waals surface area contributed by atoms with Crippen LogP contribution in [-0.2, 0) is 24.4 Å². The van der Waals surface area contributed by atoms with E-state index in [0.717, 1.165) is 24.8 Å². The van der Waals surface area contributed by atoms with E-state index in [1.807, 2.05) is 42.5 Å². The second-order valence-corrected chi connectivity index (χ2v) is 13.7. The van der Waals surface area contributed by atoms with Gasteiger partial charge in [-0.25, -0.2) is 8.42 Å². The van der Waals surface area contributed by atoms with Crippen molar-refractivity contribution in [1.29, 1.82) is 0 Å². The number of nitrogens with one attached hydrogen (secondary N) is 2. The summed E-state index contributed by atoms with van der Waals surface area (Å²) >= 11 is 0. The minimum Gasteiger partial charge on any atom is -0.346 e. The Morgan fingerprint density at radius 2 is 1.85 bits per heavy atom. The van der Waals surface area contributed by atoms with E-state index in [1.54, 1.807) is 11.9 Å². The molecule has 3 fully saturated rings. The van der Waals surface area contributed by atoms with Crippen LogP contribution in [0.25, 0.3) is 11.4 Å². The van der Waals surface area contributed by atoms with Crippen LogP contribution in [0.15, 0.2) is 42.5 Å². The van der Waals surface area contributed by atoms with E-state index in [9.17, 15) is 22.8 Å². The summed E-state index contributed by atoms with van der Waals surface area (Å²) in [5, 5.41) is 15.3. The Balaban J connectivity index is 1.27. The molecule has 0 radical (unpaired) electrons. The number of amides is 3. The highest BCUT2D eigenvalue weighted by Gasteiger charge is 2.62. The van der Waals surface area contributed by atoms with Gasteiger partial charge in [0.1, 0.15) is 5.54 Å². The molecular formula is C28H35N7O5S. The third-order valence-corrected chi connectivity index (χ3v) is 10.6. The van der Waals surface area contributed by atoms with Gasteiger partial charge in [0, 0.05) is 25.1 Å². The SMILES string of the molecule is CN1CCCC/C=C\C2CC2(C(=O)NS(=O)(=O)C2CC2)NC(=O)C2CC(n3nnc(-c4ccccc4)n3)CC2C1=O. The van der Waals surface area contributed by atoms with Crippen LogP contribution in [-0.4, -0.2) is 75.6 Å². The number of carbonyl (C=O) groups is 3. The summed E-state index contributed by atoms with van der Waals surface area (Å²) in [7, 11) is -2.04. The lowest BCUT2D eigenvalue weighted by atomic mass is 9.93. The first-order valence-electron chi connectivity index (χ1n) is 14.3. The fourth-order valence-electron chi connectivity index (χ4n) is 6.09. The Hall–Kier alpha value is -3.61. The normalized spacial score (nSPS) is 31.4. The molecule has 3 aliphatic carbocycles. The number of benzene rings is 1. The third-order valence-electron chi connectivity index (χ3n) is 8.80. The van der Waals surface area contributed by atoms with Crippen molar-refractivity contribution in [3.8, 4) is 11.4 Å². The zero-order valence-electron chi connectivity index (χ0n) is 23.0. The highest BCUT2D eigenvalue weighted by Crippen LogP contribution is 2.47. The molecule has 3 amide bonds. The van der Waals surface area contributed by atoms with E-state index in [-0.39, 0.29) is 17.9 Å². The van der Waals surface area contributed by atoms with Crippen LogP contribution in [0.2, 0.25) is 0 Å². The van der Waals surface area contributed by atoms with Gasteiger partial charge in [-0.15, -0.1) is 10.2 Å². The van der Waals surface area contributed by atoms with Crippen molar-refractivity contribution in [1.82, 2.24) is 35.1 Å². The van der Waals surface area contributed by atoms with Gasteiger partial charge in [-0.05, 0) is 56.6 Å².